The Morgan fingerprint density at radius 1 is 1.39 bits per heavy atom. The van der Waals surface area contributed by atoms with Crippen LogP contribution in [0.1, 0.15) is 24.1 Å². The average Bonchev–Trinajstić information content (AvgIpc) is 2.90. The zero-order chi connectivity index (χ0) is 13.0. The number of aromatic nitrogens is 3. The molecule has 0 saturated carbocycles. The molecule has 0 aliphatic carbocycles. The molecular weight excluding hydrogens is 228 g/mol. The van der Waals surface area contributed by atoms with Crippen molar-refractivity contribution < 1.29 is 4.79 Å². The van der Waals surface area contributed by atoms with Crippen LogP contribution in [0.4, 0.5) is 0 Å². The van der Waals surface area contributed by atoms with Gasteiger partial charge in [0.15, 0.2) is 0 Å². The largest absolute Gasteiger partial charge is 0.350 e. The van der Waals surface area contributed by atoms with Gasteiger partial charge in [0.1, 0.15) is 18.7 Å². The van der Waals surface area contributed by atoms with Gasteiger partial charge >= 0.3 is 0 Å². The SMILES string of the molecule is Cc1ccc(CNC(=O)[C@H](C)n2cncn2)cc1. The first-order valence-corrected chi connectivity index (χ1v) is 5.84. The molecule has 1 aromatic heterocycles. The number of benzene rings is 1. The minimum absolute atomic E-state index is 0.0684. The molecule has 0 unspecified atom stereocenters. The van der Waals surface area contributed by atoms with E-state index in [0.717, 1.165) is 5.56 Å². The van der Waals surface area contributed by atoms with E-state index in [-0.39, 0.29) is 11.9 Å². The van der Waals surface area contributed by atoms with Gasteiger partial charge in [0.05, 0.1) is 0 Å². The molecule has 18 heavy (non-hydrogen) atoms. The number of amides is 1. The lowest BCUT2D eigenvalue weighted by atomic mass is 10.1. The van der Waals surface area contributed by atoms with Gasteiger partial charge < -0.3 is 5.32 Å². The van der Waals surface area contributed by atoms with Crippen LogP contribution in [-0.4, -0.2) is 20.7 Å². The molecule has 5 heteroatoms. The summed E-state index contributed by atoms with van der Waals surface area (Å²) in [4.78, 5) is 15.7. The van der Waals surface area contributed by atoms with Gasteiger partial charge in [-0.1, -0.05) is 29.8 Å². The van der Waals surface area contributed by atoms with Gasteiger partial charge in [-0.05, 0) is 19.4 Å². The number of nitrogens with zero attached hydrogens (tertiary/aromatic N) is 3. The quantitative estimate of drug-likeness (QED) is 0.885. The smallest absolute Gasteiger partial charge is 0.244 e. The van der Waals surface area contributed by atoms with Crippen LogP contribution in [0, 0.1) is 6.92 Å². The number of rotatable bonds is 4. The molecule has 0 aliphatic rings. The van der Waals surface area contributed by atoms with E-state index >= 15 is 0 Å². The summed E-state index contributed by atoms with van der Waals surface area (Å²) in [7, 11) is 0. The number of carbonyl (C=O) groups excluding carboxylic acids is 1. The zero-order valence-electron chi connectivity index (χ0n) is 10.5. The van der Waals surface area contributed by atoms with Crippen molar-refractivity contribution in [2.24, 2.45) is 0 Å². The van der Waals surface area contributed by atoms with Crippen molar-refractivity contribution in [1.29, 1.82) is 0 Å². The van der Waals surface area contributed by atoms with Crippen molar-refractivity contribution in [2.75, 3.05) is 0 Å². The highest BCUT2D eigenvalue weighted by Gasteiger charge is 2.14. The molecule has 0 spiro atoms. The fourth-order valence-corrected chi connectivity index (χ4v) is 1.58. The molecule has 0 bridgehead atoms. The molecule has 1 amide bonds. The van der Waals surface area contributed by atoms with E-state index in [2.05, 4.69) is 15.4 Å². The summed E-state index contributed by atoms with van der Waals surface area (Å²) in [5.74, 6) is -0.0684. The van der Waals surface area contributed by atoms with Gasteiger partial charge in [-0.25, -0.2) is 9.67 Å². The van der Waals surface area contributed by atoms with Gasteiger partial charge in [0.2, 0.25) is 5.91 Å². The Labute approximate surface area is 106 Å². The molecular formula is C13H16N4O. The predicted octanol–water partition coefficient (Wildman–Crippen LogP) is 1.46. The van der Waals surface area contributed by atoms with E-state index in [1.54, 1.807) is 6.92 Å². The van der Waals surface area contributed by atoms with Crippen LogP contribution in [0.2, 0.25) is 0 Å². The highest BCUT2D eigenvalue weighted by atomic mass is 16.2. The van der Waals surface area contributed by atoms with E-state index in [1.165, 1.54) is 22.9 Å². The van der Waals surface area contributed by atoms with Crippen LogP contribution >= 0.6 is 0 Å². The minimum atomic E-state index is -0.349. The van der Waals surface area contributed by atoms with Crippen LogP contribution in [0.15, 0.2) is 36.9 Å². The van der Waals surface area contributed by atoms with Crippen LogP contribution in [0.5, 0.6) is 0 Å². The summed E-state index contributed by atoms with van der Waals surface area (Å²) in [6.45, 7) is 4.35. The molecule has 5 nitrogen and oxygen atoms in total. The van der Waals surface area contributed by atoms with Crippen LogP contribution in [0.3, 0.4) is 0 Å². The topological polar surface area (TPSA) is 59.8 Å². The monoisotopic (exact) mass is 244 g/mol. The molecule has 0 fully saturated rings. The maximum absolute atomic E-state index is 11.9. The Kier molecular flexibility index (Phi) is 3.72. The number of hydrogen-bond acceptors (Lipinski definition) is 3. The normalized spacial score (nSPS) is 12.1. The van der Waals surface area contributed by atoms with E-state index in [1.807, 2.05) is 31.2 Å². The summed E-state index contributed by atoms with van der Waals surface area (Å²) in [6, 6.07) is 7.73. The van der Waals surface area contributed by atoms with Crippen molar-refractivity contribution in [3.63, 3.8) is 0 Å². The number of carbonyl (C=O) groups is 1. The lowest BCUT2D eigenvalue weighted by molar-refractivity contribution is -0.124. The molecule has 2 aromatic rings. The highest BCUT2D eigenvalue weighted by molar-refractivity contribution is 5.79. The van der Waals surface area contributed by atoms with Gasteiger partial charge in [0.25, 0.3) is 0 Å². The summed E-state index contributed by atoms with van der Waals surface area (Å²) in [5.41, 5.74) is 2.29. The second-order valence-corrected chi connectivity index (χ2v) is 4.25. The average molecular weight is 244 g/mol. The predicted molar refractivity (Wildman–Crippen MR) is 67.8 cm³/mol. The lowest BCUT2D eigenvalue weighted by Crippen LogP contribution is -2.30. The Morgan fingerprint density at radius 2 is 2.11 bits per heavy atom. The van der Waals surface area contributed by atoms with Gasteiger partial charge in [-0.15, -0.1) is 0 Å². The van der Waals surface area contributed by atoms with Crippen molar-refractivity contribution >= 4 is 5.91 Å². The molecule has 94 valence electrons. The van der Waals surface area contributed by atoms with Crippen LogP contribution in [0.25, 0.3) is 0 Å². The second-order valence-electron chi connectivity index (χ2n) is 4.25. The van der Waals surface area contributed by atoms with Crippen molar-refractivity contribution in [3.8, 4) is 0 Å². The molecule has 0 aliphatic heterocycles. The molecule has 0 saturated heterocycles. The standard InChI is InChI=1S/C13H16N4O/c1-10-3-5-12(6-4-10)7-15-13(18)11(2)17-9-14-8-16-17/h3-6,8-9,11H,7H2,1-2H3,(H,15,18)/t11-/m0/s1. The van der Waals surface area contributed by atoms with Crippen LogP contribution in [-0.2, 0) is 11.3 Å². The molecule has 0 radical (unpaired) electrons. The summed E-state index contributed by atoms with van der Waals surface area (Å²) in [5, 5.41) is 6.83. The molecule has 1 atom stereocenters. The maximum atomic E-state index is 11.9. The Morgan fingerprint density at radius 3 is 2.72 bits per heavy atom. The lowest BCUT2D eigenvalue weighted by Gasteiger charge is -2.12. The highest BCUT2D eigenvalue weighted by Crippen LogP contribution is 2.05. The Balaban J connectivity index is 1.90. The van der Waals surface area contributed by atoms with Gasteiger partial charge in [-0.3, -0.25) is 4.79 Å². The van der Waals surface area contributed by atoms with E-state index in [4.69, 9.17) is 0 Å². The molecule has 1 aromatic carbocycles. The first-order chi connectivity index (χ1) is 8.66. The minimum Gasteiger partial charge on any atom is -0.350 e. The van der Waals surface area contributed by atoms with Crippen molar-refractivity contribution in [1.82, 2.24) is 20.1 Å². The number of aryl methyl sites for hydroxylation is 1. The van der Waals surface area contributed by atoms with E-state index < -0.39 is 0 Å². The Hall–Kier alpha value is -2.17. The third-order valence-corrected chi connectivity index (χ3v) is 2.80. The first kappa shape index (κ1) is 12.3. The van der Waals surface area contributed by atoms with E-state index in [9.17, 15) is 4.79 Å². The van der Waals surface area contributed by atoms with Crippen molar-refractivity contribution in [3.05, 3.63) is 48.0 Å². The zero-order valence-corrected chi connectivity index (χ0v) is 10.5. The Bertz CT molecular complexity index is 504. The maximum Gasteiger partial charge on any atom is 0.244 e. The van der Waals surface area contributed by atoms with Crippen molar-refractivity contribution in [2.45, 2.75) is 26.4 Å². The fraction of sp³-hybridized carbons (Fsp3) is 0.308. The summed E-state index contributed by atoms with van der Waals surface area (Å²) < 4.78 is 1.53. The van der Waals surface area contributed by atoms with Gasteiger partial charge in [0, 0.05) is 6.54 Å². The number of nitrogens with one attached hydrogen (secondary N) is 1. The van der Waals surface area contributed by atoms with E-state index in [0.29, 0.717) is 6.54 Å². The number of hydrogen-bond donors (Lipinski definition) is 1. The molecule has 1 heterocycles. The molecule has 2 rings (SSSR count). The third-order valence-electron chi connectivity index (χ3n) is 2.80. The summed E-state index contributed by atoms with van der Waals surface area (Å²) >= 11 is 0. The second kappa shape index (κ2) is 5.44. The third kappa shape index (κ3) is 2.94. The molecule has 1 N–H and O–H groups in total. The fourth-order valence-electron chi connectivity index (χ4n) is 1.58. The summed E-state index contributed by atoms with van der Waals surface area (Å²) in [6.07, 6.45) is 2.96. The van der Waals surface area contributed by atoms with Gasteiger partial charge in [-0.2, -0.15) is 5.10 Å². The first-order valence-electron chi connectivity index (χ1n) is 5.84. The van der Waals surface area contributed by atoms with Crippen LogP contribution < -0.4 is 5.32 Å².